The average molecular weight is 493 g/mol. The normalized spacial score (nSPS) is 19.2. The molecule has 1 aliphatic heterocycles. The molecule has 2 amide bonds. The predicted molar refractivity (Wildman–Crippen MR) is 125 cm³/mol. The van der Waals surface area contributed by atoms with Crippen LogP contribution in [0.3, 0.4) is 0 Å². The average Bonchev–Trinajstić information content (AvgIpc) is 2.78. The van der Waals surface area contributed by atoms with Gasteiger partial charge < -0.3 is 20.1 Å². The summed E-state index contributed by atoms with van der Waals surface area (Å²) in [5.41, 5.74) is 1.59. The summed E-state index contributed by atoms with van der Waals surface area (Å²) in [6.07, 6.45) is 0.338. The summed E-state index contributed by atoms with van der Waals surface area (Å²) in [6, 6.07) is 12.9. The number of aliphatic carboxylic acids is 1. The van der Waals surface area contributed by atoms with E-state index in [1.165, 1.54) is 0 Å². The van der Waals surface area contributed by atoms with Crippen LogP contribution >= 0.6 is 23.2 Å². The van der Waals surface area contributed by atoms with Crippen molar-refractivity contribution in [2.45, 2.75) is 44.4 Å². The lowest BCUT2D eigenvalue weighted by Gasteiger charge is -2.45. The van der Waals surface area contributed by atoms with Crippen molar-refractivity contribution in [3.05, 3.63) is 69.7 Å². The fourth-order valence-corrected chi connectivity index (χ4v) is 4.25. The van der Waals surface area contributed by atoms with Crippen LogP contribution in [-0.4, -0.2) is 47.0 Å². The van der Waals surface area contributed by atoms with Gasteiger partial charge in [-0.1, -0.05) is 60.8 Å². The number of carbonyl (C=O) groups is 3. The molecule has 0 aliphatic carbocycles. The molecule has 176 valence electrons. The number of rotatable bonds is 9. The van der Waals surface area contributed by atoms with Gasteiger partial charge in [0.05, 0.1) is 12.5 Å². The highest BCUT2D eigenvalue weighted by Crippen LogP contribution is 2.42. The van der Waals surface area contributed by atoms with E-state index in [2.05, 4.69) is 5.32 Å². The molecule has 1 heterocycles. The van der Waals surface area contributed by atoms with Gasteiger partial charge in [0.25, 0.3) is 0 Å². The van der Waals surface area contributed by atoms with Crippen molar-refractivity contribution in [1.29, 1.82) is 0 Å². The first-order valence-electron chi connectivity index (χ1n) is 10.7. The summed E-state index contributed by atoms with van der Waals surface area (Å²) >= 11 is 12.2. The van der Waals surface area contributed by atoms with Crippen LogP contribution in [0.4, 0.5) is 0 Å². The Hall–Kier alpha value is -2.61. The van der Waals surface area contributed by atoms with Gasteiger partial charge in [-0.05, 0) is 41.8 Å². The summed E-state index contributed by atoms with van der Waals surface area (Å²) in [4.78, 5) is 38.7. The third kappa shape index (κ3) is 6.25. The number of halogens is 2. The number of nitrogens with zero attached hydrogens (tertiary/aromatic N) is 1. The zero-order chi connectivity index (χ0) is 24.0. The van der Waals surface area contributed by atoms with Crippen molar-refractivity contribution in [1.82, 2.24) is 10.2 Å². The minimum atomic E-state index is -1.01. The molecule has 0 spiro atoms. The molecule has 0 aromatic heterocycles. The minimum Gasteiger partial charge on any atom is -0.481 e. The van der Waals surface area contributed by atoms with Gasteiger partial charge in [-0.3, -0.25) is 14.4 Å². The van der Waals surface area contributed by atoms with Crippen LogP contribution in [0.5, 0.6) is 0 Å². The molecule has 0 radical (unpaired) electrons. The van der Waals surface area contributed by atoms with Crippen molar-refractivity contribution in [2.24, 2.45) is 0 Å². The number of hydrogen-bond acceptors (Lipinski definition) is 4. The Morgan fingerprint density at radius 2 is 1.67 bits per heavy atom. The molecule has 3 rings (SSSR count). The van der Waals surface area contributed by atoms with Crippen LogP contribution in [0, 0.1) is 0 Å². The topological polar surface area (TPSA) is 95.9 Å². The number of carboxylic acid groups (broad SMARTS) is 1. The number of hydrogen-bond donors (Lipinski definition) is 2. The standard InChI is InChI=1S/C24H26Cl2N2O5/c1-2-3-19(24(32)27-13-12-21(30)31)28-20(29)14-33-23(16-6-10-18(26)11-7-16)22(28)15-4-8-17(25)9-5-15/h4-11,19,22-23H,2-3,12-14H2,1H3,(H,27,32)(H,30,31)/t19-,22-,23+/m1/s1. The maximum absolute atomic E-state index is 13.2. The number of carboxylic acids is 1. The van der Waals surface area contributed by atoms with Crippen molar-refractivity contribution in [2.75, 3.05) is 13.2 Å². The van der Waals surface area contributed by atoms with Crippen LogP contribution in [-0.2, 0) is 19.1 Å². The minimum absolute atomic E-state index is 0.0147. The Morgan fingerprint density at radius 1 is 1.09 bits per heavy atom. The predicted octanol–water partition coefficient (Wildman–Crippen LogP) is 4.39. The number of amides is 2. The number of carbonyl (C=O) groups excluding carboxylic acids is 2. The van der Waals surface area contributed by atoms with E-state index in [1.54, 1.807) is 29.2 Å². The third-order valence-corrected chi connectivity index (χ3v) is 6.01. The van der Waals surface area contributed by atoms with Crippen LogP contribution < -0.4 is 5.32 Å². The molecule has 2 aromatic rings. The number of benzene rings is 2. The molecule has 0 saturated carbocycles. The van der Waals surface area contributed by atoms with Gasteiger partial charge in [-0.15, -0.1) is 0 Å². The fourth-order valence-electron chi connectivity index (χ4n) is 4.00. The quantitative estimate of drug-likeness (QED) is 0.540. The summed E-state index contributed by atoms with van der Waals surface area (Å²) in [5.74, 6) is -1.71. The Balaban J connectivity index is 2.02. The van der Waals surface area contributed by atoms with Crippen LogP contribution in [0.1, 0.15) is 49.5 Å². The molecule has 33 heavy (non-hydrogen) atoms. The van der Waals surface area contributed by atoms with Gasteiger partial charge in [-0.25, -0.2) is 0 Å². The maximum Gasteiger partial charge on any atom is 0.305 e. The van der Waals surface area contributed by atoms with Gasteiger partial charge in [0.15, 0.2) is 0 Å². The van der Waals surface area contributed by atoms with Gasteiger partial charge in [0.2, 0.25) is 11.8 Å². The smallest absolute Gasteiger partial charge is 0.305 e. The molecule has 2 aromatic carbocycles. The highest BCUT2D eigenvalue weighted by Gasteiger charge is 2.44. The number of ether oxygens (including phenoxy) is 1. The van der Waals surface area contributed by atoms with Crippen molar-refractivity contribution >= 4 is 41.0 Å². The molecule has 0 unspecified atom stereocenters. The van der Waals surface area contributed by atoms with E-state index in [-0.39, 0.29) is 31.4 Å². The lowest BCUT2D eigenvalue weighted by atomic mass is 9.90. The summed E-state index contributed by atoms with van der Waals surface area (Å²) < 4.78 is 5.99. The van der Waals surface area contributed by atoms with Gasteiger partial charge in [0.1, 0.15) is 18.8 Å². The maximum atomic E-state index is 13.2. The van der Waals surface area contributed by atoms with E-state index in [0.29, 0.717) is 22.9 Å². The molecule has 9 heteroatoms. The van der Waals surface area contributed by atoms with E-state index >= 15 is 0 Å². The highest BCUT2D eigenvalue weighted by atomic mass is 35.5. The first-order valence-corrected chi connectivity index (χ1v) is 11.5. The zero-order valence-electron chi connectivity index (χ0n) is 18.2. The second-order valence-electron chi connectivity index (χ2n) is 7.82. The first-order chi connectivity index (χ1) is 15.8. The summed E-state index contributed by atoms with van der Waals surface area (Å²) in [7, 11) is 0. The molecule has 1 aliphatic rings. The number of morpholine rings is 1. The van der Waals surface area contributed by atoms with E-state index in [9.17, 15) is 14.4 Å². The molecule has 7 nitrogen and oxygen atoms in total. The molecule has 3 atom stereocenters. The molecular weight excluding hydrogens is 467 g/mol. The second-order valence-corrected chi connectivity index (χ2v) is 8.69. The lowest BCUT2D eigenvalue weighted by Crippen LogP contribution is -2.56. The van der Waals surface area contributed by atoms with Crippen LogP contribution in [0.15, 0.2) is 48.5 Å². The Bertz CT molecular complexity index is 981. The largest absolute Gasteiger partial charge is 0.481 e. The van der Waals surface area contributed by atoms with Crippen molar-refractivity contribution < 1.29 is 24.2 Å². The van der Waals surface area contributed by atoms with E-state index < -0.39 is 24.2 Å². The van der Waals surface area contributed by atoms with Crippen molar-refractivity contribution in [3.63, 3.8) is 0 Å². The molecule has 0 bridgehead atoms. The Labute approximate surface area is 202 Å². The Kier molecular flexibility index (Phi) is 8.72. The second kappa shape index (κ2) is 11.5. The van der Waals surface area contributed by atoms with E-state index in [1.807, 2.05) is 31.2 Å². The molecule has 1 saturated heterocycles. The van der Waals surface area contributed by atoms with Crippen LogP contribution in [0.2, 0.25) is 10.0 Å². The highest BCUT2D eigenvalue weighted by molar-refractivity contribution is 6.30. The van der Waals surface area contributed by atoms with Gasteiger partial charge >= 0.3 is 5.97 Å². The van der Waals surface area contributed by atoms with E-state index in [0.717, 1.165) is 11.1 Å². The lowest BCUT2D eigenvalue weighted by molar-refractivity contribution is -0.167. The first kappa shape index (κ1) is 25.0. The molecular formula is C24H26Cl2N2O5. The summed E-state index contributed by atoms with van der Waals surface area (Å²) in [6.45, 7) is 1.73. The monoisotopic (exact) mass is 492 g/mol. The molecule has 1 fully saturated rings. The third-order valence-electron chi connectivity index (χ3n) is 5.51. The Morgan fingerprint density at radius 3 is 2.21 bits per heavy atom. The van der Waals surface area contributed by atoms with Gasteiger partial charge in [-0.2, -0.15) is 0 Å². The van der Waals surface area contributed by atoms with E-state index in [4.69, 9.17) is 33.0 Å². The SMILES string of the molecule is CCC[C@H](C(=O)NCCC(=O)O)N1C(=O)CO[C@@H](c2ccc(Cl)cc2)[C@H]1c1ccc(Cl)cc1. The van der Waals surface area contributed by atoms with Crippen LogP contribution in [0.25, 0.3) is 0 Å². The van der Waals surface area contributed by atoms with Gasteiger partial charge in [0, 0.05) is 16.6 Å². The zero-order valence-corrected chi connectivity index (χ0v) is 19.7. The molecule has 2 N–H and O–H groups in total. The fraction of sp³-hybridized carbons (Fsp3) is 0.375. The summed E-state index contributed by atoms with van der Waals surface area (Å²) in [5, 5.41) is 12.7. The number of nitrogens with one attached hydrogen (secondary N) is 1. The van der Waals surface area contributed by atoms with Crippen molar-refractivity contribution in [3.8, 4) is 0 Å².